The van der Waals surface area contributed by atoms with E-state index in [4.69, 9.17) is 5.73 Å². The summed E-state index contributed by atoms with van der Waals surface area (Å²) >= 11 is 0. The van der Waals surface area contributed by atoms with Crippen molar-refractivity contribution >= 4 is 5.69 Å². The van der Waals surface area contributed by atoms with E-state index in [0.717, 1.165) is 44.0 Å². The number of halogens is 3. The van der Waals surface area contributed by atoms with Gasteiger partial charge in [-0.25, -0.2) is 0 Å². The highest BCUT2D eigenvalue weighted by atomic mass is 19.4. The van der Waals surface area contributed by atoms with Crippen LogP contribution in [0, 0.1) is 0 Å². The molecule has 1 aliphatic carbocycles. The molecule has 0 spiro atoms. The van der Waals surface area contributed by atoms with E-state index in [1.165, 1.54) is 6.07 Å². The van der Waals surface area contributed by atoms with Crippen molar-refractivity contribution < 1.29 is 13.2 Å². The molecule has 2 rings (SSSR count). The van der Waals surface area contributed by atoms with Gasteiger partial charge >= 0.3 is 6.18 Å². The van der Waals surface area contributed by atoms with Gasteiger partial charge in [0.05, 0.1) is 5.56 Å². The van der Waals surface area contributed by atoms with Crippen LogP contribution in [0.2, 0.25) is 0 Å². The first-order chi connectivity index (χ1) is 9.47. The first kappa shape index (κ1) is 15.2. The summed E-state index contributed by atoms with van der Waals surface area (Å²) in [4.78, 5) is 2.23. The first-order valence-corrected chi connectivity index (χ1v) is 7.14. The summed E-state index contributed by atoms with van der Waals surface area (Å²) in [7, 11) is 0. The average molecular weight is 286 g/mol. The van der Waals surface area contributed by atoms with Crippen LogP contribution in [0.4, 0.5) is 18.9 Å². The zero-order valence-corrected chi connectivity index (χ0v) is 11.7. The van der Waals surface area contributed by atoms with E-state index in [-0.39, 0.29) is 6.54 Å². The Morgan fingerprint density at radius 1 is 1.30 bits per heavy atom. The molecular formula is C15H21F3N2. The molecule has 0 atom stereocenters. The third-order valence-corrected chi connectivity index (χ3v) is 3.68. The molecule has 0 saturated heterocycles. The number of hydrogen-bond donors (Lipinski definition) is 1. The fourth-order valence-corrected chi connectivity index (χ4v) is 2.42. The molecule has 5 heteroatoms. The predicted molar refractivity (Wildman–Crippen MR) is 74.6 cm³/mol. The lowest BCUT2D eigenvalue weighted by atomic mass is 10.1. The summed E-state index contributed by atoms with van der Waals surface area (Å²) in [5.74, 6) is 0. The molecule has 0 amide bonds. The van der Waals surface area contributed by atoms with Gasteiger partial charge in [-0.3, -0.25) is 0 Å². The maximum Gasteiger partial charge on any atom is 0.416 e. The molecule has 1 fully saturated rings. The normalized spacial score (nSPS) is 15.4. The molecule has 1 aromatic carbocycles. The SMILES string of the molecule is CCCCN(c1ccc(C(F)(F)F)cc1CN)C1CC1. The van der Waals surface area contributed by atoms with E-state index in [1.807, 2.05) is 0 Å². The number of hydrogen-bond acceptors (Lipinski definition) is 2. The van der Waals surface area contributed by atoms with Crippen molar-refractivity contribution in [3.05, 3.63) is 29.3 Å². The molecule has 0 aromatic heterocycles. The van der Waals surface area contributed by atoms with Gasteiger partial charge in [-0.2, -0.15) is 13.2 Å². The smallest absolute Gasteiger partial charge is 0.368 e. The number of nitrogens with two attached hydrogens (primary N) is 1. The maximum atomic E-state index is 12.8. The average Bonchev–Trinajstić information content (AvgIpc) is 3.22. The lowest BCUT2D eigenvalue weighted by Gasteiger charge is -2.27. The van der Waals surface area contributed by atoms with E-state index in [2.05, 4.69) is 11.8 Å². The van der Waals surface area contributed by atoms with E-state index in [1.54, 1.807) is 6.07 Å². The molecule has 0 bridgehead atoms. The summed E-state index contributed by atoms with van der Waals surface area (Å²) in [6.45, 7) is 3.13. The highest BCUT2D eigenvalue weighted by Gasteiger charge is 2.33. The molecule has 1 aromatic rings. The highest BCUT2D eigenvalue weighted by Crippen LogP contribution is 2.37. The van der Waals surface area contributed by atoms with E-state index in [0.29, 0.717) is 11.6 Å². The van der Waals surface area contributed by atoms with Gasteiger partial charge in [0, 0.05) is 24.8 Å². The van der Waals surface area contributed by atoms with Crippen LogP contribution in [-0.2, 0) is 12.7 Å². The van der Waals surface area contributed by atoms with Crippen molar-refractivity contribution in [3.63, 3.8) is 0 Å². The molecule has 112 valence electrons. The molecule has 2 nitrogen and oxygen atoms in total. The second kappa shape index (κ2) is 6.04. The lowest BCUT2D eigenvalue weighted by molar-refractivity contribution is -0.137. The number of benzene rings is 1. The Kier molecular flexibility index (Phi) is 4.58. The van der Waals surface area contributed by atoms with Gasteiger partial charge in [0.15, 0.2) is 0 Å². The molecule has 0 heterocycles. The summed E-state index contributed by atoms with van der Waals surface area (Å²) in [6, 6.07) is 4.41. The molecule has 20 heavy (non-hydrogen) atoms. The fraction of sp³-hybridized carbons (Fsp3) is 0.600. The van der Waals surface area contributed by atoms with Gasteiger partial charge in [0.2, 0.25) is 0 Å². The minimum Gasteiger partial charge on any atom is -0.368 e. The summed E-state index contributed by atoms with van der Waals surface area (Å²) in [5.41, 5.74) is 6.50. The fourth-order valence-electron chi connectivity index (χ4n) is 2.42. The lowest BCUT2D eigenvalue weighted by Crippen LogP contribution is -2.28. The third-order valence-electron chi connectivity index (χ3n) is 3.68. The van der Waals surface area contributed by atoms with E-state index >= 15 is 0 Å². The number of rotatable bonds is 6. The Bertz CT molecular complexity index is 453. The Balaban J connectivity index is 2.29. The van der Waals surface area contributed by atoms with Crippen LogP contribution in [0.1, 0.15) is 43.7 Å². The van der Waals surface area contributed by atoms with Crippen molar-refractivity contribution in [3.8, 4) is 0 Å². The van der Waals surface area contributed by atoms with Crippen LogP contribution < -0.4 is 10.6 Å². The van der Waals surface area contributed by atoms with Crippen molar-refractivity contribution in [2.24, 2.45) is 5.73 Å². The van der Waals surface area contributed by atoms with Crippen LogP contribution in [-0.4, -0.2) is 12.6 Å². The van der Waals surface area contributed by atoms with Crippen molar-refractivity contribution in [2.45, 2.75) is 51.4 Å². The van der Waals surface area contributed by atoms with Gasteiger partial charge in [-0.1, -0.05) is 13.3 Å². The predicted octanol–water partition coefficient (Wildman–Crippen LogP) is 3.93. The Labute approximate surface area is 117 Å². The van der Waals surface area contributed by atoms with Crippen LogP contribution in [0.15, 0.2) is 18.2 Å². The summed E-state index contributed by atoms with van der Waals surface area (Å²) < 4.78 is 38.3. The molecule has 2 N–H and O–H groups in total. The van der Waals surface area contributed by atoms with Gasteiger partial charge in [-0.05, 0) is 43.0 Å². The van der Waals surface area contributed by atoms with Crippen LogP contribution >= 0.6 is 0 Å². The van der Waals surface area contributed by atoms with E-state index < -0.39 is 11.7 Å². The monoisotopic (exact) mass is 286 g/mol. The second-order valence-electron chi connectivity index (χ2n) is 5.32. The van der Waals surface area contributed by atoms with Crippen molar-refractivity contribution in [1.82, 2.24) is 0 Å². The second-order valence-corrected chi connectivity index (χ2v) is 5.32. The number of alkyl halides is 3. The highest BCUT2D eigenvalue weighted by molar-refractivity contribution is 5.57. The minimum atomic E-state index is -4.31. The minimum absolute atomic E-state index is 0.134. The van der Waals surface area contributed by atoms with Crippen LogP contribution in [0.25, 0.3) is 0 Å². The maximum absolute atomic E-state index is 12.8. The Hall–Kier alpha value is -1.23. The summed E-state index contributed by atoms with van der Waals surface area (Å²) in [5, 5.41) is 0. The Morgan fingerprint density at radius 2 is 2.00 bits per heavy atom. The summed E-state index contributed by atoms with van der Waals surface area (Å²) in [6.07, 6.45) is 0.0448. The molecule has 1 aliphatic rings. The van der Waals surface area contributed by atoms with Gasteiger partial charge in [-0.15, -0.1) is 0 Å². The largest absolute Gasteiger partial charge is 0.416 e. The standard InChI is InChI=1S/C15H21F3N2/c1-2-3-8-20(13-5-6-13)14-7-4-12(15(16,17)18)9-11(14)10-19/h4,7,9,13H,2-3,5-6,8,10,19H2,1H3. The van der Waals surface area contributed by atoms with Crippen LogP contribution in [0.3, 0.4) is 0 Å². The quantitative estimate of drug-likeness (QED) is 0.858. The first-order valence-electron chi connectivity index (χ1n) is 7.14. The van der Waals surface area contributed by atoms with Crippen molar-refractivity contribution in [2.75, 3.05) is 11.4 Å². The van der Waals surface area contributed by atoms with Crippen LogP contribution in [0.5, 0.6) is 0 Å². The van der Waals surface area contributed by atoms with Gasteiger partial charge < -0.3 is 10.6 Å². The van der Waals surface area contributed by atoms with Gasteiger partial charge in [0.25, 0.3) is 0 Å². The van der Waals surface area contributed by atoms with Gasteiger partial charge in [0.1, 0.15) is 0 Å². The third kappa shape index (κ3) is 3.45. The zero-order valence-electron chi connectivity index (χ0n) is 11.7. The number of unbranched alkanes of at least 4 members (excludes halogenated alkanes) is 1. The zero-order chi connectivity index (χ0) is 14.8. The number of anilines is 1. The number of nitrogens with zero attached hydrogens (tertiary/aromatic N) is 1. The molecular weight excluding hydrogens is 265 g/mol. The molecule has 0 radical (unpaired) electrons. The molecule has 0 unspecified atom stereocenters. The Morgan fingerprint density at radius 3 is 2.50 bits per heavy atom. The molecule has 0 aliphatic heterocycles. The van der Waals surface area contributed by atoms with Crippen molar-refractivity contribution in [1.29, 1.82) is 0 Å². The van der Waals surface area contributed by atoms with E-state index in [9.17, 15) is 13.2 Å². The molecule has 1 saturated carbocycles. The topological polar surface area (TPSA) is 29.3 Å².